The second kappa shape index (κ2) is 7.77. The number of esters is 1. The first-order chi connectivity index (χ1) is 11.3. The molecule has 0 saturated heterocycles. The number of hydrogen-bond donors (Lipinski definition) is 0. The van der Waals surface area contributed by atoms with Crippen LogP contribution < -0.4 is 4.74 Å². The topological polar surface area (TPSA) is 26.3 Å². The van der Waals surface area contributed by atoms with Gasteiger partial charge in [0.25, 0.3) is 0 Å². The smallest absolute Gasteiger partial charge is 0.335 e. The van der Waals surface area contributed by atoms with Crippen molar-refractivity contribution >= 4 is 5.97 Å². The normalized spacial score (nSPS) is 15.7. The predicted molar refractivity (Wildman–Crippen MR) is 93.2 cm³/mol. The highest BCUT2D eigenvalue weighted by atomic mass is 16.5. The summed E-state index contributed by atoms with van der Waals surface area (Å²) in [4.78, 5) is 11.9. The second-order valence-corrected chi connectivity index (χ2v) is 6.07. The Balaban J connectivity index is 1.57. The van der Waals surface area contributed by atoms with E-state index in [1.165, 1.54) is 32.1 Å². The number of rotatable bonds is 4. The highest BCUT2D eigenvalue weighted by molar-refractivity contribution is 5.84. The molecule has 0 atom stereocenters. The Hall–Kier alpha value is -2.35. The van der Waals surface area contributed by atoms with Crippen LogP contribution in [0.1, 0.15) is 32.1 Å². The molecule has 0 amide bonds. The van der Waals surface area contributed by atoms with E-state index in [4.69, 9.17) is 4.74 Å². The van der Waals surface area contributed by atoms with Crippen molar-refractivity contribution in [1.82, 2.24) is 0 Å². The number of benzene rings is 2. The van der Waals surface area contributed by atoms with Crippen LogP contribution in [0, 0.1) is 5.92 Å². The number of allylic oxidation sites excluding steroid dienone is 1. The Morgan fingerprint density at radius 3 is 2.22 bits per heavy atom. The molecule has 1 aliphatic rings. The standard InChI is InChI=1S/C21H22O2/c22-21(16-11-17-7-3-1-4-8-17)23-20-14-12-19(13-15-20)18-9-5-2-6-10-18/h2,5-6,9-17H,1,3-4,7-8H2/b16-11-. The molecule has 1 saturated carbocycles. The molecular formula is C21H22O2. The monoisotopic (exact) mass is 306 g/mol. The van der Waals surface area contributed by atoms with Crippen molar-refractivity contribution in [3.8, 4) is 16.9 Å². The third-order valence-corrected chi connectivity index (χ3v) is 4.33. The van der Waals surface area contributed by atoms with Gasteiger partial charge in [-0.15, -0.1) is 0 Å². The number of carbonyl (C=O) groups excluding carboxylic acids is 1. The van der Waals surface area contributed by atoms with Crippen molar-refractivity contribution in [3.05, 3.63) is 66.7 Å². The van der Waals surface area contributed by atoms with Crippen LogP contribution in [0.25, 0.3) is 11.1 Å². The van der Waals surface area contributed by atoms with E-state index in [1.807, 2.05) is 48.5 Å². The van der Waals surface area contributed by atoms with E-state index in [9.17, 15) is 4.79 Å². The number of carbonyl (C=O) groups is 1. The lowest BCUT2D eigenvalue weighted by Gasteiger charge is -2.17. The summed E-state index contributed by atoms with van der Waals surface area (Å²) in [6.07, 6.45) is 9.84. The summed E-state index contributed by atoms with van der Waals surface area (Å²) in [6.45, 7) is 0. The van der Waals surface area contributed by atoms with Crippen molar-refractivity contribution in [2.45, 2.75) is 32.1 Å². The molecule has 1 aliphatic carbocycles. The summed E-state index contributed by atoms with van der Waals surface area (Å²) in [5, 5.41) is 0. The fraction of sp³-hybridized carbons (Fsp3) is 0.286. The molecule has 2 heteroatoms. The van der Waals surface area contributed by atoms with Gasteiger partial charge in [-0.1, -0.05) is 67.8 Å². The molecule has 0 heterocycles. The van der Waals surface area contributed by atoms with Crippen molar-refractivity contribution in [2.75, 3.05) is 0 Å². The lowest BCUT2D eigenvalue weighted by Crippen LogP contribution is -2.07. The minimum atomic E-state index is -0.289. The maximum Gasteiger partial charge on any atom is 0.335 e. The SMILES string of the molecule is O=C(/C=C\C1CCCCC1)Oc1ccc(-c2ccccc2)cc1. The average molecular weight is 306 g/mol. The molecule has 3 rings (SSSR count). The van der Waals surface area contributed by atoms with Crippen LogP contribution in [-0.4, -0.2) is 5.97 Å². The average Bonchev–Trinajstić information content (AvgIpc) is 2.62. The Kier molecular flexibility index (Phi) is 5.25. The van der Waals surface area contributed by atoms with Crippen molar-refractivity contribution in [2.24, 2.45) is 5.92 Å². The highest BCUT2D eigenvalue weighted by Crippen LogP contribution is 2.25. The van der Waals surface area contributed by atoms with E-state index >= 15 is 0 Å². The van der Waals surface area contributed by atoms with Gasteiger partial charge < -0.3 is 4.74 Å². The van der Waals surface area contributed by atoms with E-state index < -0.39 is 0 Å². The fourth-order valence-corrected chi connectivity index (χ4v) is 3.04. The zero-order valence-corrected chi connectivity index (χ0v) is 13.3. The fourth-order valence-electron chi connectivity index (χ4n) is 3.04. The van der Waals surface area contributed by atoms with Crippen LogP contribution in [0.4, 0.5) is 0 Å². The Labute approximate surface area is 137 Å². The van der Waals surface area contributed by atoms with Crippen LogP contribution >= 0.6 is 0 Å². The number of hydrogen-bond acceptors (Lipinski definition) is 2. The molecule has 23 heavy (non-hydrogen) atoms. The maximum atomic E-state index is 11.9. The Morgan fingerprint density at radius 2 is 1.52 bits per heavy atom. The van der Waals surface area contributed by atoms with Crippen LogP contribution in [-0.2, 0) is 4.79 Å². The zero-order valence-electron chi connectivity index (χ0n) is 13.3. The molecule has 118 valence electrons. The molecule has 0 aliphatic heterocycles. The Morgan fingerprint density at radius 1 is 0.870 bits per heavy atom. The summed E-state index contributed by atoms with van der Waals surface area (Å²) in [5.41, 5.74) is 2.27. The molecule has 0 N–H and O–H groups in total. The largest absolute Gasteiger partial charge is 0.423 e. The highest BCUT2D eigenvalue weighted by Gasteiger charge is 2.10. The zero-order chi connectivity index (χ0) is 15.9. The van der Waals surface area contributed by atoms with Gasteiger partial charge in [0.2, 0.25) is 0 Å². The molecule has 0 unspecified atom stereocenters. The van der Waals surface area contributed by atoms with E-state index in [0.717, 1.165) is 11.1 Å². The summed E-state index contributed by atoms with van der Waals surface area (Å²) in [6, 6.07) is 17.8. The molecular weight excluding hydrogens is 284 g/mol. The summed E-state index contributed by atoms with van der Waals surface area (Å²) in [7, 11) is 0. The lowest BCUT2D eigenvalue weighted by molar-refractivity contribution is -0.129. The molecule has 0 radical (unpaired) electrons. The van der Waals surface area contributed by atoms with Crippen molar-refractivity contribution < 1.29 is 9.53 Å². The van der Waals surface area contributed by atoms with E-state index in [2.05, 4.69) is 12.1 Å². The van der Waals surface area contributed by atoms with Gasteiger partial charge in [-0.3, -0.25) is 0 Å². The van der Waals surface area contributed by atoms with Gasteiger partial charge in [0.1, 0.15) is 5.75 Å². The van der Waals surface area contributed by atoms with Crippen LogP contribution in [0.15, 0.2) is 66.7 Å². The van der Waals surface area contributed by atoms with Crippen LogP contribution in [0.3, 0.4) is 0 Å². The third kappa shape index (κ3) is 4.56. The molecule has 0 spiro atoms. The van der Waals surface area contributed by atoms with E-state index in [1.54, 1.807) is 6.08 Å². The molecule has 2 aromatic rings. The third-order valence-electron chi connectivity index (χ3n) is 4.33. The van der Waals surface area contributed by atoms with Crippen LogP contribution in [0.2, 0.25) is 0 Å². The predicted octanol–water partition coefficient (Wildman–Crippen LogP) is 5.40. The minimum absolute atomic E-state index is 0.289. The first kappa shape index (κ1) is 15.5. The second-order valence-electron chi connectivity index (χ2n) is 6.07. The Bertz CT molecular complexity index is 650. The van der Waals surface area contributed by atoms with E-state index in [0.29, 0.717) is 11.7 Å². The van der Waals surface area contributed by atoms with Gasteiger partial charge in [0.05, 0.1) is 0 Å². The minimum Gasteiger partial charge on any atom is -0.423 e. The molecule has 2 nitrogen and oxygen atoms in total. The molecule has 1 fully saturated rings. The van der Waals surface area contributed by atoms with Crippen molar-refractivity contribution in [3.63, 3.8) is 0 Å². The van der Waals surface area contributed by atoms with Gasteiger partial charge in [0.15, 0.2) is 0 Å². The van der Waals surface area contributed by atoms with E-state index in [-0.39, 0.29) is 5.97 Å². The summed E-state index contributed by atoms with van der Waals surface area (Å²) < 4.78 is 5.37. The van der Waals surface area contributed by atoms with Gasteiger partial charge >= 0.3 is 5.97 Å². The molecule has 0 aromatic heterocycles. The van der Waals surface area contributed by atoms with Gasteiger partial charge in [0, 0.05) is 6.08 Å². The van der Waals surface area contributed by atoms with Gasteiger partial charge in [-0.05, 0) is 42.0 Å². The molecule has 2 aromatic carbocycles. The molecule has 0 bridgehead atoms. The summed E-state index contributed by atoms with van der Waals surface area (Å²) in [5.74, 6) is 0.836. The van der Waals surface area contributed by atoms with Crippen LogP contribution in [0.5, 0.6) is 5.75 Å². The maximum absolute atomic E-state index is 11.9. The number of ether oxygens (including phenoxy) is 1. The van der Waals surface area contributed by atoms with Gasteiger partial charge in [-0.25, -0.2) is 4.79 Å². The quantitative estimate of drug-likeness (QED) is 0.430. The first-order valence-corrected chi connectivity index (χ1v) is 8.37. The van der Waals surface area contributed by atoms with Crippen molar-refractivity contribution in [1.29, 1.82) is 0 Å². The first-order valence-electron chi connectivity index (χ1n) is 8.37. The van der Waals surface area contributed by atoms with Gasteiger partial charge in [-0.2, -0.15) is 0 Å². The lowest BCUT2D eigenvalue weighted by atomic mass is 9.89. The summed E-state index contributed by atoms with van der Waals surface area (Å²) >= 11 is 0.